The third kappa shape index (κ3) is 5.99. The van der Waals surface area contributed by atoms with Gasteiger partial charge < -0.3 is 4.74 Å². The number of morpholine rings is 1. The van der Waals surface area contributed by atoms with Gasteiger partial charge in [-0.1, -0.05) is 18.1 Å². The number of hydrogen-bond acceptors (Lipinski definition) is 6. The molecule has 0 bridgehead atoms. The zero-order valence-corrected chi connectivity index (χ0v) is 18.3. The van der Waals surface area contributed by atoms with Crippen LogP contribution in [0.1, 0.15) is 31.4 Å². The molecule has 3 heterocycles. The van der Waals surface area contributed by atoms with E-state index < -0.39 is 11.6 Å². The first-order valence-corrected chi connectivity index (χ1v) is 11.7. The molecule has 0 saturated carbocycles. The van der Waals surface area contributed by atoms with Crippen LogP contribution in [0.15, 0.2) is 35.5 Å². The van der Waals surface area contributed by atoms with Gasteiger partial charge in [-0.2, -0.15) is 0 Å². The highest BCUT2D eigenvalue weighted by Crippen LogP contribution is 2.29. The Balaban J connectivity index is 1.14. The summed E-state index contributed by atoms with van der Waals surface area (Å²) in [6, 6.07) is 4.64. The normalized spacial score (nSPS) is 15.0. The second kappa shape index (κ2) is 11.0. The summed E-state index contributed by atoms with van der Waals surface area (Å²) < 4.78 is 34.6. The van der Waals surface area contributed by atoms with Crippen LogP contribution in [0, 0.1) is 11.6 Å². The minimum Gasteiger partial charge on any atom is -0.379 e. The van der Waals surface area contributed by atoms with E-state index in [4.69, 9.17) is 4.74 Å². The molecule has 0 spiro atoms. The first-order valence-electron chi connectivity index (χ1n) is 10.8. The number of ether oxygens (including phenoxy) is 1. The number of rotatable bonds is 10. The summed E-state index contributed by atoms with van der Waals surface area (Å²) in [6.07, 6.45) is 7.95. The van der Waals surface area contributed by atoms with Crippen molar-refractivity contribution in [2.24, 2.45) is 0 Å². The fourth-order valence-electron chi connectivity index (χ4n) is 3.68. The summed E-state index contributed by atoms with van der Waals surface area (Å²) in [4.78, 5) is 7.27. The van der Waals surface area contributed by atoms with Gasteiger partial charge in [-0.15, -0.1) is 16.9 Å². The highest BCUT2D eigenvalue weighted by Gasteiger charge is 2.13. The minimum atomic E-state index is -0.874. The number of halogens is 2. The number of unbranched alkanes of at least 4 members (excludes halogenated alkanes) is 3. The number of fused-ring (bicyclic) bond motifs is 1. The van der Waals surface area contributed by atoms with E-state index in [1.54, 1.807) is 24.0 Å². The van der Waals surface area contributed by atoms with E-state index >= 15 is 0 Å². The maximum Gasteiger partial charge on any atom is 0.185 e. The highest BCUT2D eigenvalue weighted by atomic mass is 32.2. The van der Waals surface area contributed by atoms with Crippen molar-refractivity contribution in [1.82, 2.24) is 24.9 Å². The van der Waals surface area contributed by atoms with Crippen molar-refractivity contribution in [1.29, 1.82) is 0 Å². The first-order chi connectivity index (χ1) is 15.2. The van der Waals surface area contributed by atoms with Crippen LogP contribution in [0.3, 0.4) is 0 Å². The maximum atomic E-state index is 13.9. The molecule has 166 valence electrons. The Kier molecular flexibility index (Phi) is 7.82. The predicted molar refractivity (Wildman–Crippen MR) is 117 cm³/mol. The van der Waals surface area contributed by atoms with Gasteiger partial charge in [-0.3, -0.25) is 14.6 Å². The molecule has 0 N–H and O–H groups in total. The van der Waals surface area contributed by atoms with Gasteiger partial charge in [-0.25, -0.2) is 8.78 Å². The maximum absolute atomic E-state index is 13.9. The summed E-state index contributed by atoms with van der Waals surface area (Å²) in [6.45, 7) is 5.19. The van der Waals surface area contributed by atoms with Gasteiger partial charge in [-0.05, 0) is 36.8 Å². The van der Waals surface area contributed by atoms with Gasteiger partial charge in [0.15, 0.2) is 11.6 Å². The fourth-order valence-corrected chi connectivity index (χ4v) is 4.73. The average Bonchev–Trinajstić information content (AvgIpc) is 3.23. The molecular weight excluding hydrogens is 420 g/mol. The van der Waals surface area contributed by atoms with Gasteiger partial charge in [0, 0.05) is 48.9 Å². The smallest absolute Gasteiger partial charge is 0.185 e. The Labute approximate surface area is 185 Å². The van der Waals surface area contributed by atoms with Crippen LogP contribution in [0.4, 0.5) is 8.78 Å². The third-order valence-corrected chi connectivity index (χ3v) is 6.54. The van der Waals surface area contributed by atoms with Crippen molar-refractivity contribution in [3.8, 4) is 0 Å². The van der Waals surface area contributed by atoms with E-state index in [0.29, 0.717) is 5.39 Å². The van der Waals surface area contributed by atoms with Crippen LogP contribution in [0.2, 0.25) is 0 Å². The van der Waals surface area contributed by atoms with Crippen molar-refractivity contribution in [3.63, 3.8) is 0 Å². The number of thioether (sulfide) groups is 1. The van der Waals surface area contributed by atoms with E-state index in [1.165, 1.54) is 6.07 Å². The first kappa shape index (κ1) is 22.1. The molecule has 1 aliphatic rings. The molecule has 0 radical (unpaired) electrons. The summed E-state index contributed by atoms with van der Waals surface area (Å²) in [7, 11) is 0. The van der Waals surface area contributed by atoms with E-state index in [2.05, 4.69) is 20.2 Å². The molecule has 1 fully saturated rings. The number of aromatic nitrogens is 4. The summed E-state index contributed by atoms with van der Waals surface area (Å²) in [5.74, 6) is -0.797. The number of hydrogen-bond donors (Lipinski definition) is 0. The number of nitrogens with zero attached hydrogens (tertiary/aromatic N) is 5. The lowest BCUT2D eigenvalue weighted by atomic mass is 10.2. The van der Waals surface area contributed by atoms with Gasteiger partial charge in [0.05, 0.1) is 18.9 Å². The largest absolute Gasteiger partial charge is 0.379 e. The molecule has 3 aromatic rings. The van der Waals surface area contributed by atoms with Crippen LogP contribution >= 0.6 is 11.8 Å². The molecule has 1 aliphatic heterocycles. The zero-order chi connectivity index (χ0) is 21.5. The Morgan fingerprint density at radius 1 is 1.03 bits per heavy atom. The predicted octanol–water partition coefficient (Wildman–Crippen LogP) is 4.29. The lowest BCUT2D eigenvalue weighted by Gasteiger charge is -2.25. The molecule has 4 rings (SSSR count). The lowest BCUT2D eigenvalue weighted by Crippen LogP contribution is -2.35. The van der Waals surface area contributed by atoms with Crippen molar-refractivity contribution >= 4 is 22.7 Å². The monoisotopic (exact) mass is 447 g/mol. The van der Waals surface area contributed by atoms with Crippen LogP contribution < -0.4 is 0 Å². The molecule has 0 amide bonds. The lowest BCUT2D eigenvalue weighted by molar-refractivity contribution is 0.0336. The van der Waals surface area contributed by atoms with Gasteiger partial charge >= 0.3 is 0 Å². The van der Waals surface area contributed by atoms with Crippen LogP contribution in [0.5, 0.6) is 0 Å². The Morgan fingerprint density at radius 2 is 1.87 bits per heavy atom. The highest BCUT2D eigenvalue weighted by molar-refractivity contribution is 7.99. The van der Waals surface area contributed by atoms with Gasteiger partial charge in [0.25, 0.3) is 0 Å². The van der Waals surface area contributed by atoms with Crippen molar-refractivity contribution in [2.75, 3.05) is 32.1 Å². The zero-order valence-electron chi connectivity index (χ0n) is 17.5. The second-order valence-corrected chi connectivity index (χ2v) is 8.83. The van der Waals surface area contributed by atoms with E-state index in [9.17, 15) is 8.78 Å². The molecule has 1 aromatic carbocycles. The Bertz CT molecular complexity index is 993. The average molecular weight is 448 g/mol. The number of aryl methyl sites for hydroxylation is 1. The SMILES string of the molecule is Fc1ccc2c(SCCCCCCn3cc(CN4CCOCC4)nn3)ccnc2c1F. The van der Waals surface area contributed by atoms with Crippen molar-refractivity contribution in [2.45, 2.75) is 43.7 Å². The molecule has 9 heteroatoms. The van der Waals surface area contributed by atoms with Crippen molar-refractivity contribution in [3.05, 3.63) is 47.9 Å². The van der Waals surface area contributed by atoms with Gasteiger partial charge in [0.2, 0.25) is 0 Å². The van der Waals surface area contributed by atoms with E-state index in [-0.39, 0.29) is 5.52 Å². The molecule has 0 unspecified atom stereocenters. The summed E-state index contributed by atoms with van der Waals surface area (Å²) in [5, 5.41) is 9.19. The number of pyridine rings is 1. The third-order valence-electron chi connectivity index (χ3n) is 5.38. The quantitative estimate of drug-likeness (QED) is 0.341. The molecule has 6 nitrogen and oxygen atoms in total. The van der Waals surface area contributed by atoms with Gasteiger partial charge in [0.1, 0.15) is 5.52 Å². The van der Waals surface area contributed by atoms with Crippen LogP contribution in [-0.2, 0) is 17.8 Å². The molecular formula is C22H27F2N5OS. The van der Waals surface area contributed by atoms with Crippen molar-refractivity contribution < 1.29 is 13.5 Å². The Hall–Kier alpha value is -2.10. The fraction of sp³-hybridized carbons (Fsp3) is 0.500. The summed E-state index contributed by atoms with van der Waals surface area (Å²) >= 11 is 1.67. The number of benzene rings is 1. The molecule has 1 saturated heterocycles. The standard InChI is InChI=1S/C22H27F2N5OS/c23-19-6-5-18-20(7-8-25-22(18)21(19)24)31-14-4-2-1-3-9-29-16-17(26-27-29)15-28-10-12-30-13-11-28/h5-8,16H,1-4,9-15H2. The second-order valence-electron chi connectivity index (χ2n) is 7.69. The van der Waals surface area contributed by atoms with E-state index in [1.807, 2.05) is 16.9 Å². The summed E-state index contributed by atoms with van der Waals surface area (Å²) in [5.41, 5.74) is 1.12. The van der Waals surface area contributed by atoms with Crippen LogP contribution in [-0.4, -0.2) is 56.9 Å². The Morgan fingerprint density at radius 3 is 2.74 bits per heavy atom. The molecule has 0 aliphatic carbocycles. The minimum absolute atomic E-state index is 0.103. The molecule has 31 heavy (non-hydrogen) atoms. The van der Waals surface area contributed by atoms with Crippen LogP contribution in [0.25, 0.3) is 10.9 Å². The van der Waals surface area contributed by atoms with E-state index in [0.717, 1.165) is 81.4 Å². The topological polar surface area (TPSA) is 56.1 Å². The molecule has 2 aromatic heterocycles. The molecule has 0 atom stereocenters.